The summed E-state index contributed by atoms with van der Waals surface area (Å²) in [6, 6.07) is 11.1. The van der Waals surface area contributed by atoms with Gasteiger partial charge in [0.15, 0.2) is 0 Å². The van der Waals surface area contributed by atoms with Crippen molar-refractivity contribution in [1.29, 1.82) is 0 Å². The Bertz CT molecular complexity index is 1180. The van der Waals surface area contributed by atoms with Crippen LogP contribution in [0.2, 0.25) is 0 Å². The fourth-order valence-electron chi connectivity index (χ4n) is 5.06. The molecule has 2 heterocycles. The van der Waals surface area contributed by atoms with Gasteiger partial charge in [-0.25, -0.2) is 8.42 Å². The monoisotopic (exact) mass is 533 g/mol. The minimum absolute atomic E-state index is 0.0343. The molecule has 2 aliphatic rings. The van der Waals surface area contributed by atoms with E-state index < -0.39 is 22.7 Å². The number of hydrogen-bond acceptors (Lipinski definition) is 7. The molecule has 9 nitrogen and oxygen atoms in total. The molecule has 0 spiro atoms. The third-order valence-electron chi connectivity index (χ3n) is 6.91. The standard InChI is InChI=1S/C25H35N5O4S2/c26-27-18-29-11-3-5-19(14-29)16-35-17-22-8-4-12-30(22)25(32)24(15-31)28-36(33,34)23-10-9-20-6-1-2-7-21(20)13-23/h1-2,6-7,9-10,13,18-19,22,24,28,31H,3-5,8,11-12,14-17,26H2. The second-order valence-electron chi connectivity index (χ2n) is 9.50. The highest BCUT2D eigenvalue weighted by Gasteiger charge is 2.35. The van der Waals surface area contributed by atoms with Crippen LogP contribution in [0.3, 0.4) is 0 Å². The van der Waals surface area contributed by atoms with Gasteiger partial charge in [0.05, 0.1) is 11.5 Å². The van der Waals surface area contributed by atoms with Crippen LogP contribution in [0.15, 0.2) is 52.5 Å². The zero-order valence-corrected chi connectivity index (χ0v) is 22.0. The molecule has 36 heavy (non-hydrogen) atoms. The number of hydrazone groups is 1. The van der Waals surface area contributed by atoms with E-state index in [1.165, 1.54) is 12.5 Å². The maximum atomic E-state index is 13.3. The molecule has 0 aliphatic carbocycles. The quantitative estimate of drug-likeness (QED) is 0.184. The van der Waals surface area contributed by atoms with E-state index in [-0.39, 0.29) is 16.8 Å². The highest BCUT2D eigenvalue weighted by molar-refractivity contribution is 7.99. The fraction of sp³-hybridized carbons (Fsp3) is 0.520. The van der Waals surface area contributed by atoms with Crippen LogP contribution in [0.4, 0.5) is 0 Å². The van der Waals surface area contributed by atoms with E-state index in [0.717, 1.165) is 54.6 Å². The van der Waals surface area contributed by atoms with Crippen molar-refractivity contribution in [3.05, 3.63) is 42.5 Å². The maximum absolute atomic E-state index is 13.3. The van der Waals surface area contributed by atoms with E-state index >= 15 is 0 Å². The summed E-state index contributed by atoms with van der Waals surface area (Å²) in [6.45, 7) is 1.89. The number of nitrogens with one attached hydrogen (secondary N) is 1. The largest absolute Gasteiger partial charge is 0.394 e. The Morgan fingerprint density at radius 2 is 1.94 bits per heavy atom. The van der Waals surface area contributed by atoms with Crippen LogP contribution in [0.25, 0.3) is 10.8 Å². The molecule has 196 valence electrons. The normalized spacial score (nSPS) is 21.9. The second kappa shape index (κ2) is 12.3. The number of piperidine rings is 1. The van der Waals surface area contributed by atoms with E-state index in [1.54, 1.807) is 23.4 Å². The molecule has 3 atom stereocenters. The summed E-state index contributed by atoms with van der Waals surface area (Å²) >= 11 is 1.83. The Labute approximate surface area is 217 Å². The number of benzene rings is 2. The highest BCUT2D eigenvalue weighted by Crippen LogP contribution is 2.26. The Morgan fingerprint density at radius 1 is 1.17 bits per heavy atom. The molecule has 2 fully saturated rings. The fourth-order valence-corrected chi connectivity index (χ4v) is 7.63. The van der Waals surface area contributed by atoms with Crippen molar-refractivity contribution in [3.8, 4) is 0 Å². The molecular formula is C25H35N5O4S2. The minimum Gasteiger partial charge on any atom is -0.394 e. The average Bonchev–Trinajstić information content (AvgIpc) is 3.35. The van der Waals surface area contributed by atoms with E-state index in [4.69, 9.17) is 5.84 Å². The number of aliphatic hydroxyl groups excluding tert-OH is 1. The van der Waals surface area contributed by atoms with E-state index in [1.807, 2.05) is 36.0 Å². The number of rotatable bonds is 10. The van der Waals surface area contributed by atoms with Crippen molar-refractivity contribution in [3.63, 3.8) is 0 Å². The molecule has 0 saturated carbocycles. The molecule has 0 aromatic heterocycles. The Hall–Kier alpha value is -2.34. The summed E-state index contributed by atoms with van der Waals surface area (Å²) in [5, 5.41) is 15.3. The van der Waals surface area contributed by atoms with Crippen molar-refractivity contribution in [2.45, 2.75) is 42.7 Å². The van der Waals surface area contributed by atoms with Gasteiger partial charge in [-0.05, 0) is 60.3 Å². The number of hydrogen-bond donors (Lipinski definition) is 3. The molecule has 0 bridgehead atoms. The number of aliphatic hydroxyl groups is 1. The molecule has 3 unspecified atom stereocenters. The summed E-state index contributed by atoms with van der Waals surface area (Å²) in [5.41, 5.74) is 0. The third kappa shape index (κ3) is 6.50. The number of likely N-dealkylation sites (tertiary alicyclic amines) is 2. The van der Waals surface area contributed by atoms with Crippen molar-refractivity contribution in [1.82, 2.24) is 14.5 Å². The molecule has 2 aliphatic heterocycles. The Balaban J connectivity index is 1.35. The molecule has 4 rings (SSSR count). The van der Waals surface area contributed by atoms with E-state index in [0.29, 0.717) is 12.5 Å². The summed E-state index contributed by atoms with van der Waals surface area (Å²) < 4.78 is 28.5. The summed E-state index contributed by atoms with van der Waals surface area (Å²) in [5.74, 6) is 7.25. The predicted molar refractivity (Wildman–Crippen MR) is 144 cm³/mol. The van der Waals surface area contributed by atoms with Gasteiger partial charge in [-0.15, -0.1) is 0 Å². The third-order valence-corrected chi connectivity index (χ3v) is 9.71. The van der Waals surface area contributed by atoms with Gasteiger partial charge in [0.2, 0.25) is 15.9 Å². The van der Waals surface area contributed by atoms with Crippen molar-refractivity contribution < 1.29 is 18.3 Å². The van der Waals surface area contributed by atoms with Crippen LogP contribution in [0.1, 0.15) is 25.7 Å². The number of sulfonamides is 1. The lowest BCUT2D eigenvalue weighted by Gasteiger charge is -2.32. The number of nitrogens with zero attached hydrogens (tertiary/aromatic N) is 3. The summed E-state index contributed by atoms with van der Waals surface area (Å²) in [7, 11) is -3.98. The van der Waals surface area contributed by atoms with Crippen LogP contribution in [-0.2, 0) is 14.8 Å². The van der Waals surface area contributed by atoms with Crippen LogP contribution < -0.4 is 10.6 Å². The molecule has 2 saturated heterocycles. The molecule has 0 radical (unpaired) electrons. The number of nitrogens with two attached hydrogens (primary N) is 1. The molecule has 2 aromatic rings. The first-order valence-corrected chi connectivity index (χ1v) is 15.0. The lowest BCUT2D eigenvalue weighted by Crippen LogP contribution is -2.52. The van der Waals surface area contributed by atoms with Gasteiger partial charge < -0.3 is 20.7 Å². The summed E-state index contributed by atoms with van der Waals surface area (Å²) in [4.78, 5) is 17.2. The minimum atomic E-state index is -3.98. The molecule has 4 N–H and O–H groups in total. The number of fused-ring (bicyclic) bond motifs is 1. The first-order valence-electron chi connectivity index (χ1n) is 12.4. The van der Waals surface area contributed by atoms with Crippen LogP contribution >= 0.6 is 11.8 Å². The zero-order chi connectivity index (χ0) is 25.5. The number of carbonyl (C=O) groups excluding carboxylic acids is 1. The van der Waals surface area contributed by atoms with Gasteiger partial charge in [0.1, 0.15) is 12.4 Å². The number of amides is 1. The second-order valence-corrected chi connectivity index (χ2v) is 12.3. The van der Waals surface area contributed by atoms with Gasteiger partial charge in [-0.1, -0.05) is 30.3 Å². The SMILES string of the molecule is NN=CN1CCCC(CSCC2CCCN2C(=O)C(CO)NS(=O)(=O)c2ccc3ccccc3c2)C1. The van der Waals surface area contributed by atoms with Gasteiger partial charge >= 0.3 is 0 Å². The van der Waals surface area contributed by atoms with E-state index in [2.05, 4.69) is 14.7 Å². The highest BCUT2D eigenvalue weighted by atomic mass is 32.2. The van der Waals surface area contributed by atoms with Gasteiger partial charge in [-0.3, -0.25) is 4.79 Å². The smallest absolute Gasteiger partial charge is 0.243 e. The molecule has 2 aromatic carbocycles. The predicted octanol–water partition coefficient (Wildman–Crippen LogP) is 1.82. The van der Waals surface area contributed by atoms with Crippen molar-refractivity contribution >= 4 is 44.8 Å². The molecule has 1 amide bonds. The van der Waals surface area contributed by atoms with Gasteiger partial charge in [0, 0.05) is 31.4 Å². The Morgan fingerprint density at radius 3 is 2.72 bits per heavy atom. The number of thioether (sulfide) groups is 1. The molecular weight excluding hydrogens is 498 g/mol. The average molecular weight is 534 g/mol. The van der Waals surface area contributed by atoms with Crippen molar-refractivity contribution in [2.24, 2.45) is 16.9 Å². The lowest BCUT2D eigenvalue weighted by atomic mass is 10.0. The Kier molecular flexibility index (Phi) is 9.10. The van der Waals surface area contributed by atoms with Crippen LogP contribution in [0, 0.1) is 5.92 Å². The van der Waals surface area contributed by atoms with Gasteiger partial charge in [0.25, 0.3) is 0 Å². The first kappa shape index (κ1) is 26.7. The lowest BCUT2D eigenvalue weighted by molar-refractivity contribution is -0.134. The maximum Gasteiger partial charge on any atom is 0.243 e. The number of carbonyl (C=O) groups is 1. The first-order chi connectivity index (χ1) is 17.4. The van der Waals surface area contributed by atoms with Crippen LogP contribution in [0.5, 0.6) is 0 Å². The van der Waals surface area contributed by atoms with Crippen LogP contribution in [-0.4, -0.2) is 85.4 Å². The summed E-state index contributed by atoms with van der Waals surface area (Å²) in [6.07, 6.45) is 5.73. The van der Waals surface area contributed by atoms with Crippen molar-refractivity contribution in [2.75, 3.05) is 37.7 Å². The van der Waals surface area contributed by atoms with E-state index in [9.17, 15) is 18.3 Å². The zero-order valence-electron chi connectivity index (χ0n) is 20.3. The van der Waals surface area contributed by atoms with Gasteiger partial charge in [-0.2, -0.15) is 21.6 Å². The molecule has 11 heteroatoms. The topological polar surface area (TPSA) is 128 Å².